The van der Waals surface area contributed by atoms with Gasteiger partial charge in [0.2, 0.25) is 0 Å². The standard InChI is InChI=1S/C12H21N5/c1-11-9-12(15-10-14-11)13-3-4-17-7-5-16(2)6-8-17/h9-10H,3-8H2,1-2H3,(H,13,14,15). The second-order valence-corrected chi connectivity index (χ2v) is 4.62. The highest BCUT2D eigenvalue weighted by Gasteiger charge is 2.12. The summed E-state index contributed by atoms with van der Waals surface area (Å²) in [5.41, 5.74) is 1.00. The maximum absolute atomic E-state index is 4.19. The fourth-order valence-corrected chi connectivity index (χ4v) is 1.96. The van der Waals surface area contributed by atoms with Crippen LogP contribution in [0.4, 0.5) is 5.82 Å². The quantitative estimate of drug-likeness (QED) is 0.820. The van der Waals surface area contributed by atoms with Crippen molar-refractivity contribution in [2.24, 2.45) is 0 Å². The van der Waals surface area contributed by atoms with Crippen LogP contribution in [-0.4, -0.2) is 66.1 Å². The monoisotopic (exact) mass is 235 g/mol. The average molecular weight is 235 g/mol. The Morgan fingerprint density at radius 1 is 1.24 bits per heavy atom. The SMILES string of the molecule is Cc1cc(NCCN2CCN(C)CC2)ncn1. The lowest BCUT2D eigenvalue weighted by Crippen LogP contribution is -2.45. The molecule has 0 spiro atoms. The fourth-order valence-electron chi connectivity index (χ4n) is 1.96. The first-order chi connectivity index (χ1) is 8.24. The van der Waals surface area contributed by atoms with Crippen LogP contribution in [0, 0.1) is 6.92 Å². The maximum Gasteiger partial charge on any atom is 0.129 e. The molecule has 5 heteroatoms. The van der Waals surface area contributed by atoms with Gasteiger partial charge in [0, 0.05) is 51.0 Å². The number of hydrogen-bond acceptors (Lipinski definition) is 5. The van der Waals surface area contributed by atoms with Gasteiger partial charge in [-0.25, -0.2) is 9.97 Å². The molecule has 94 valence electrons. The van der Waals surface area contributed by atoms with E-state index in [1.165, 1.54) is 26.2 Å². The zero-order chi connectivity index (χ0) is 12.1. The van der Waals surface area contributed by atoms with Crippen molar-refractivity contribution in [1.82, 2.24) is 19.8 Å². The van der Waals surface area contributed by atoms with Gasteiger partial charge in [0.15, 0.2) is 0 Å². The first-order valence-electron chi connectivity index (χ1n) is 6.17. The number of nitrogens with one attached hydrogen (secondary N) is 1. The van der Waals surface area contributed by atoms with Gasteiger partial charge in [-0.05, 0) is 14.0 Å². The van der Waals surface area contributed by atoms with Gasteiger partial charge in [-0.2, -0.15) is 0 Å². The second-order valence-electron chi connectivity index (χ2n) is 4.62. The summed E-state index contributed by atoms with van der Waals surface area (Å²) in [7, 11) is 2.18. The molecular weight excluding hydrogens is 214 g/mol. The van der Waals surface area contributed by atoms with Crippen LogP contribution in [0.25, 0.3) is 0 Å². The van der Waals surface area contributed by atoms with E-state index in [-0.39, 0.29) is 0 Å². The third-order valence-electron chi connectivity index (χ3n) is 3.13. The molecular formula is C12H21N5. The topological polar surface area (TPSA) is 44.3 Å². The van der Waals surface area contributed by atoms with Crippen molar-refractivity contribution in [2.75, 3.05) is 51.6 Å². The van der Waals surface area contributed by atoms with Crippen LogP contribution in [0.15, 0.2) is 12.4 Å². The van der Waals surface area contributed by atoms with Crippen LogP contribution in [0.2, 0.25) is 0 Å². The molecule has 1 fully saturated rings. The lowest BCUT2D eigenvalue weighted by Gasteiger charge is -2.32. The average Bonchev–Trinajstić information content (AvgIpc) is 2.32. The van der Waals surface area contributed by atoms with E-state index >= 15 is 0 Å². The summed E-state index contributed by atoms with van der Waals surface area (Å²) in [4.78, 5) is 13.1. The highest BCUT2D eigenvalue weighted by Crippen LogP contribution is 2.03. The van der Waals surface area contributed by atoms with E-state index < -0.39 is 0 Å². The predicted molar refractivity (Wildman–Crippen MR) is 69.2 cm³/mol. The normalized spacial score (nSPS) is 18.2. The molecule has 1 aromatic rings. The van der Waals surface area contributed by atoms with E-state index in [1.807, 2.05) is 13.0 Å². The second kappa shape index (κ2) is 5.93. The molecule has 1 N–H and O–H groups in total. The number of anilines is 1. The molecule has 1 aromatic heterocycles. The molecule has 0 unspecified atom stereocenters. The molecule has 2 rings (SSSR count). The predicted octanol–water partition coefficient (Wildman–Crippen LogP) is 0.444. The smallest absolute Gasteiger partial charge is 0.129 e. The van der Waals surface area contributed by atoms with E-state index in [2.05, 4.69) is 32.1 Å². The first kappa shape index (κ1) is 12.3. The molecule has 1 aliphatic heterocycles. The van der Waals surface area contributed by atoms with Crippen molar-refractivity contribution in [2.45, 2.75) is 6.92 Å². The van der Waals surface area contributed by atoms with Crippen LogP contribution in [0.3, 0.4) is 0 Å². The lowest BCUT2D eigenvalue weighted by atomic mass is 10.3. The number of hydrogen-bond donors (Lipinski definition) is 1. The van der Waals surface area contributed by atoms with Gasteiger partial charge in [0.25, 0.3) is 0 Å². The van der Waals surface area contributed by atoms with Crippen LogP contribution in [-0.2, 0) is 0 Å². The number of aryl methyl sites for hydroxylation is 1. The zero-order valence-corrected chi connectivity index (χ0v) is 10.7. The van der Waals surface area contributed by atoms with E-state index in [1.54, 1.807) is 6.33 Å². The Balaban J connectivity index is 1.69. The number of piperazine rings is 1. The summed E-state index contributed by atoms with van der Waals surface area (Å²) in [5, 5.41) is 3.34. The molecule has 17 heavy (non-hydrogen) atoms. The Kier molecular flexibility index (Phi) is 4.28. The van der Waals surface area contributed by atoms with E-state index in [0.29, 0.717) is 0 Å². The molecule has 2 heterocycles. The summed E-state index contributed by atoms with van der Waals surface area (Å²) in [5.74, 6) is 0.923. The minimum Gasteiger partial charge on any atom is -0.369 e. The molecule has 0 bridgehead atoms. The molecule has 0 amide bonds. The van der Waals surface area contributed by atoms with Crippen molar-refractivity contribution in [1.29, 1.82) is 0 Å². The van der Waals surface area contributed by atoms with Crippen molar-refractivity contribution < 1.29 is 0 Å². The van der Waals surface area contributed by atoms with E-state index in [9.17, 15) is 0 Å². The molecule has 0 atom stereocenters. The highest BCUT2D eigenvalue weighted by molar-refractivity contribution is 5.34. The minimum atomic E-state index is 0.923. The van der Waals surface area contributed by atoms with E-state index in [0.717, 1.165) is 24.6 Å². The Labute approximate surface area is 103 Å². The molecule has 0 saturated carbocycles. The fraction of sp³-hybridized carbons (Fsp3) is 0.667. The Bertz CT molecular complexity index is 347. The van der Waals surface area contributed by atoms with Crippen molar-refractivity contribution in [3.8, 4) is 0 Å². The molecule has 0 radical (unpaired) electrons. The van der Waals surface area contributed by atoms with Gasteiger partial charge in [0.1, 0.15) is 12.1 Å². The van der Waals surface area contributed by atoms with Crippen molar-refractivity contribution in [3.63, 3.8) is 0 Å². The highest BCUT2D eigenvalue weighted by atomic mass is 15.2. The van der Waals surface area contributed by atoms with Gasteiger partial charge in [-0.3, -0.25) is 4.90 Å². The van der Waals surface area contributed by atoms with Crippen LogP contribution >= 0.6 is 0 Å². The summed E-state index contributed by atoms with van der Waals surface area (Å²) in [6.45, 7) is 8.69. The molecule has 0 aromatic carbocycles. The summed E-state index contributed by atoms with van der Waals surface area (Å²) in [6.07, 6.45) is 1.60. The van der Waals surface area contributed by atoms with Gasteiger partial charge in [-0.15, -0.1) is 0 Å². The summed E-state index contributed by atoms with van der Waals surface area (Å²) < 4.78 is 0. The van der Waals surface area contributed by atoms with Gasteiger partial charge >= 0.3 is 0 Å². The number of rotatable bonds is 4. The number of likely N-dealkylation sites (N-methyl/N-ethyl adjacent to an activating group) is 1. The van der Waals surface area contributed by atoms with Crippen LogP contribution in [0.5, 0.6) is 0 Å². The van der Waals surface area contributed by atoms with Crippen LogP contribution in [0.1, 0.15) is 5.69 Å². The Morgan fingerprint density at radius 3 is 2.71 bits per heavy atom. The van der Waals surface area contributed by atoms with Crippen LogP contribution < -0.4 is 5.32 Å². The molecule has 5 nitrogen and oxygen atoms in total. The number of nitrogens with zero attached hydrogens (tertiary/aromatic N) is 4. The van der Waals surface area contributed by atoms with E-state index in [4.69, 9.17) is 0 Å². The van der Waals surface area contributed by atoms with Crippen molar-refractivity contribution in [3.05, 3.63) is 18.1 Å². The summed E-state index contributed by atoms with van der Waals surface area (Å²) >= 11 is 0. The first-order valence-corrected chi connectivity index (χ1v) is 6.17. The largest absolute Gasteiger partial charge is 0.369 e. The zero-order valence-electron chi connectivity index (χ0n) is 10.7. The maximum atomic E-state index is 4.19. The lowest BCUT2D eigenvalue weighted by molar-refractivity contribution is 0.158. The van der Waals surface area contributed by atoms with Gasteiger partial charge < -0.3 is 10.2 Å². The van der Waals surface area contributed by atoms with Gasteiger partial charge in [-0.1, -0.05) is 0 Å². The van der Waals surface area contributed by atoms with Crippen molar-refractivity contribution >= 4 is 5.82 Å². The third kappa shape index (κ3) is 3.94. The molecule has 1 aliphatic rings. The minimum absolute atomic E-state index is 0.923. The summed E-state index contributed by atoms with van der Waals surface area (Å²) in [6, 6.07) is 1.98. The number of aromatic nitrogens is 2. The van der Waals surface area contributed by atoms with Gasteiger partial charge in [0.05, 0.1) is 0 Å². The molecule has 1 saturated heterocycles. The molecule has 0 aliphatic carbocycles. The third-order valence-corrected chi connectivity index (χ3v) is 3.13. The Hall–Kier alpha value is -1.20. The Morgan fingerprint density at radius 2 is 2.00 bits per heavy atom.